The quantitative estimate of drug-likeness (QED) is 0.927. The summed E-state index contributed by atoms with van der Waals surface area (Å²) >= 11 is 0. The van der Waals surface area contributed by atoms with Crippen LogP contribution in [0.15, 0.2) is 30.3 Å². The molecule has 0 aliphatic carbocycles. The summed E-state index contributed by atoms with van der Waals surface area (Å²) in [6, 6.07) is 9.55. The van der Waals surface area contributed by atoms with Crippen molar-refractivity contribution in [1.29, 1.82) is 0 Å². The average molecular weight is 289 g/mol. The van der Waals surface area contributed by atoms with Crippen molar-refractivity contribution < 1.29 is 14.7 Å². The topological polar surface area (TPSA) is 57.6 Å². The van der Waals surface area contributed by atoms with Crippen LogP contribution in [0.2, 0.25) is 0 Å². The van der Waals surface area contributed by atoms with E-state index in [-0.39, 0.29) is 5.91 Å². The molecule has 1 aromatic carbocycles. The van der Waals surface area contributed by atoms with Crippen LogP contribution in [0.3, 0.4) is 0 Å². The molecule has 2 rings (SSSR count). The zero-order valence-electron chi connectivity index (χ0n) is 12.9. The van der Waals surface area contributed by atoms with Gasteiger partial charge in [-0.05, 0) is 38.7 Å². The summed E-state index contributed by atoms with van der Waals surface area (Å²) in [5.41, 5.74) is -0.845. The molecule has 1 atom stereocenters. The molecule has 4 heteroatoms. The Balaban J connectivity index is 2.37. The molecule has 0 saturated carbocycles. The molecule has 1 unspecified atom stereocenters. The third-order valence-corrected chi connectivity index (χ3v) is 4.75. The summed E-state index contributed by atoms with van der Waals surface area (Å²) in [6.07, 6.45) is 1.73. The van der Waals surface area contributed by atoms with E-state index in [1.165, 1.54) is 0 Å². The minimum Gasteiger partial charge on any atom is -0.479 e. The second kappa shape index (κ2) is 5.51. The Bertz CT molecular complexity index is 538. The van der Waals surface area contributed by atoms with Crippen molar-refractivity contribution in [2.45, 2.75) is 51.0 Å². The fraction of sp³-hybridized carbons (Fsp3) is 0.529. The van der Waals surface area contributed by atoms with Crippen LogP contribution < -0.4 is 0 Å². The molecule has 1 heterocycles. The molecule has 1 aromatic rings. The lowest BCUT2D eigenvalue weighted by Gasteiger charge is -2.39. The van der Waals surface area contributed by atoms with E-state index in [0.717, 1.165) is 12.0 Å². The van der Waals surface area contributed by atoms with Gasteiger partial charge in [0.05, 0.1) is 5.41 Å². The van der Waals surface area contributed by atoms with Gasteiger partial charge in [-0.2, -0.15) is 0 Å². The van der Waals surface area contributed by atoms with E-state index >= 15 is 0 Å². The summed E-state index contributed by atoms with van der Waals surface area (Å²) < 4.78 is 0. The number of benzene rings is 1. The van der Waals surface area contributed by atoms with Gasteiger partial charge in [-0.15, -0.1) is 0 Å². The van der Waals surface area contributed by atoms with E-state index in [0.29, 0.717) is 19.4 Å². The molecule has 4 nitrogen and oxygen atoms in total. The van der Waals surface area contributed by atoms with Crippen molar-refractivity contribution in [2.75, 3.05) is 6.54 Å². The van der Waals surface area contributed by atoms with Crippen molar-refractivity contribution in [3.8, 4) is 0 Å². The Kier molecular flexibility index (Phi) is 4.08. The third-order valence-electron chi connectivity index (χ3n) is 4.75. The van der Waals surface area contributed by atoms with Gasteiger partial charge in [0.2, 0.25) is 5.91 Å². The standard InChI is InChI=1S/C17H23NO3/c1-4-17(15(20)21)11-8-12-18(17)14(19)16(2,3)13-9-6-5-7-10-13/h5-7,9-10H,4,8,11-12H2,1-3H3,(H,20,21). The first-order valence-corrected chi connectivity index (χ1v) is 7.47. The van der Waals surface area contributed by atoms with E-state index in [4.69, 9.17) is 0 Å². The Morgan fingerprint density at radius 2 is 1.90 bits per heavy atom. The zero-order valence-corrected chi connectivity index (χ0v) is 12.9. The number of nitrogens with zero attached hydrogens (tertiary/aromatic N) is 1. The normalized spacial score (nSPS) is 22.3. The van der Waals surface area contributed by atoms with Crippen molar-refractivity contribution in [1.82, 2.24) is 4.90 Å². The van der Waals surface area contributed by atoms with Crippen molar-refractivity contribution >= 4 is 11.9 Å². The molecule has 0 bridgehead atoms. The number of carbonyl (C=O) groups is 2. The number of amides is 1. The smallest absolute Gasteiger partial charge is 0.329 e. The number of carbonyl (C=O) groups excluding carboxylic acids is 1. The number of rotatable bonds is 4. The van der Waals surface area contributed by atoms with Gasteiger partial charge in [-0.1, -0.05) is 37.3 Å². The van der Waals surface area contributed by atoms with Gasteiger partial charge < -0.3 is 10.0 Å². The van der Waals surface area contributed by atoms with Gasteiger partial charge in [0, 0.05) is 6.54 Å². The summed E-state index contributed by atoms with van der Waals surface area (Å²) in [6.45, 7) is 6.10. The van der Waals surface area contributed by atoms with Crippen molar-refractivity contribution in [2.24, 2.45) is 0 Å². The molecule has 1 N–H and O–H groups in total. The van der Waals surface area contributed by atoms with Gasteiger partial charge in [0.25, 0.3) is 0 Å². The summed E-state index contributed by atoms with van der Waals surface area (Å²) in [5.74, 6) is -0.991. The van der Waals surface area contributed by atoms with Crippen LogP contribution in [-0.2, 0) is 15.0 Å². The first kappa shape index (κ1) is 15.5. The third kappa shape index (κ3) is 2.43. The Morgan fingerprint density at radius 3 is 2.43 bits per heavy atom. The SMILES string of the molecule is CCC1(C(=O)O)CCCN1C(=O)C(C)(C)c1ccccc1. The predicted molar refractivity (Wildman–Crippen MR) is 81.1 cm³/mol. The molecule has 114 valence electrons. The monoisotopic (exact) mass is 289 g/mol. The largest absolute Gasteiger partial charge is 0.479 e. The van der Waals surface area contributed by atoms with E-state index in [9.17, 15) is 14.7 Å². The first-order valence-electron chi connectivity index (χ1n) is 7.47. The van der Waals surface area contributed by atoms with E-state index in [1.54, 1.807) is 4.90 Å². The van der Waals surface area contributed by atoms with Crippen LogP contribution in [0.5, 0.6) is 0 Å². The number of likely N-dealkylation sites (tertiary alicyclic amines) is 1. The maximum Gasteiger partial charge on any atom is 0.329 e. The lowest BCUT2D eigenvalue weighted by molar-refractivity contribution is -0.158. The van der Waals surface area contributed by atoms with Gasteiger partial charge in [0.15, 0.2) is 0 Å². The highest BCUT2D eigenvalue weighted by atomic mass is 16.4. The molecule has 1 fully saturated rings. The molecule has 0 radical (unpaired) electrons. The minimum atomic E-state index is -1.04. The van der Waals surface area contributed by atoms with E-state index in [1.807, 2.05) is 51.1 Å². The van der Waals surface area contributed by atoms with Crippen LogP contribution in [0, 0.1) is 0 Å². The van der Waals surface area contributed by atoms with Crippen LogP contribution in [0.25, 0.3) is 0 Å². The van der Waals surface area contributed by atoms with Crippen LogP contribution in [0.1, 0.15) is 45.6 Å². The summed E-state index contributed by atoms with van der Waals surface area (Å²) in [4.78, 5) is 26.3. The molecule has 21 heavy (non-hydrogen) atoms. The van der Waals surface area contributed by atoms with E-state index in [2.05, 4.69) is 0 Å². The predicted octanol–water partition coefficient (Wildman–Crippen LogP) is 2.82. The second-order valence-corrected chi connectivity index (χ2v) is 6.24. The fourth-order valence-electron chi connectivity index (χ4n) is 3.23. The van der Waals surface area contributed by atoms with Crippen molar-refractivity contribution in [3.05, 3.63) is 35.9 Å². The molecular weight excluding hydrogens is 266 g/mol. The van der Waals surface area contributed by atoms with Crippen LogP contribution >= 0.6 is 0 Å². The highest BCUT2D eigenvalue weighted by Crippen LogP contribution is 2.37. The van der Waals surface area contributed by atoms with Crippen molar-refractivity contribution in [3.63, 3.8) is 0 Å². The maximum absolute atomic E-state index is 13.0. The number of aliphatic carboxylic acids is 1. The lowest BCUT2D eigenvalue weighted by Crippen LogP contribution is -2.56. The maximum atomic E-state index is 13.0. The zero-order chi connectivity index (χ0) is 15.7. The molecule has 1 amide bonds. The average Bonchev–Trinajstić information content (AvgIpc) is 2.92. The summed E-state index contributed by atoms with van der Waals surface area (Å²) in [5, 5.41) is 9.63. The second-order valence-electron chi connectivity index (χ2n) is 6.24. The van der Waals surface area contributed by atoms with E-state index < -0.39 is 16.9 Å². The van der Waals surface area contributed by atoms with Gasteiger partial charge in [-0.25, -0.2) is 4.79 Å². The number of hydrogen-bond donors (Lipinski definition) is 1. The Morgan fingerprint density at radius 1 is 1.29 bits per heavy atom. The van der Waals surface area contributed by atoms with Gasteiger partial charge >= 0.3 is 5.97 Å². The molecule has 1 aliphatic rings. The van der Waals surface area contributed by atoms with Crippen LogP contribution in [-0.4, -0.2) is 34.0 Å². The van der Waals surface area contributed by atoms with Gasteiger partial charge in [0.1, 0.15) is 5.54 Å². The first-order chi connectivity index (χ1) is 9.86. The molecule has 1 saturated heterocycles. The highest BCUT2D eigenvalue weighted by Gasteiger charge is 2.51. The Hall–Kier alpha value is -1.84. The molecule has 0 spiro atoms. The lowest BCUT2D eigenvalue weighted by atomic mass is 9.81. The molecule has 0 aromatic heterocycles. The number of carboxylic acid groups (broad SMARTS) is 1. The van der Waals surface area contributed by atoms with Crippen LogP contribution in [0.4, 0.5) is 0 Å². The van der Waals surface area contributed by atoms with Gasteiger partial charge in [-0.3, -0.25) is 4.79 Å². The number of carboxylic acids is 1. The minimum absolute atomic E-state index is 0.101. The molecule has 1 aliphatic heterocycles. The number of hydrogen-bond acceptors (Lipinski definition) is 2. The highest BCUT2D eigenvalue weighted by molar-refractivity contribution is 5.93. The fourth-order valence-corrected chi connectivity index (χ4v) is 3.23. The Labute approximate surface area is 125 Å². The molecular formula is C17H23NO3. The summed E-state index contributed by atoms with van der Waals surface area (Å²) in [7, 11) is 0.